The average molecular weight is 417 g/mol. The standard InChI is InChI=1S/C20H20FN3O4S/c1-2-28-18(25)9-15-11-27-8-7-23(15)19(26)17-12-29-20-22-16(10-24(17)20)13-3-5-14(21)6-4-13/h3-6,10,12,15H,2,7-9,11H2,1H3. The summed E-state index contributed by atoms with van der Waals surface area (Å²) in [5.74, 6) is -0.847. The van der Waals surface area contributed by atoms with Crippen molar-refractivity contribution in [2.45, 2.75) is 19.4 Å². The monoisotopic (exact) mass is 417 g/mol. The van der Waals surface area contributed by atoms with Gasteiger partial charge in [0.25, 0.3) is 5.91 Å². The van der Waals surface area contributed by atoms with E-state index in [0.717, 1.165) is 5.56 Å². The van der Waals surface area contributed by atoms with E-state index in [1.54, 1.807) is 39.9 Å². The Morgan fingerprint density at radius 3 is 2.90 bits per heavy atom. The summed E-state index contributed by atoms with van der Waals surface area (Å²) >= 11 is 1.36. The van der Waals surface area contributed by atoms with Gasteiger partial charge in [0.2, 0.25) is 0 Å². The number of esters is 1. The average Bonchev–Trinajstić information content (AvgIpc) is 3.29. The summed E-state index contributed by atoms with van der Waals surface area (Å²) in [5.41, 5.74) is 1.91. The van der Waals surface area contributed by atoms with Gasteiger partial charge >= 0.3 is 5.97 Å². The SMILES string of the molecule is CCOC(=O)CC1COCCN1C(=O)c1csc2nc(-c3ccc(F)cc3)cn12. The third kappa shape index (κ3) is 4.01. The molecule has 3 aromatic rings. The second kappa shape index (κ2) is 8.30. The van der Waals surface area contributed by atoms with Crippen molar-refractivity contribution >= 4 is 28.2 Å². The number of aromatic nitrogens is 2. The zero-order valence-electron chi connectivity index (χ0n) is 15.8. The number of nitrogens with zero attached hydrogens (tertiary/aromatic N) is 3. The van der Waals surface area contributed by atoms with E-state index in [9.17, 15) is 14.0 Å². The Bertz CT molecular complexity index is 1030. The van der Waals surface area contributed by atoms with Crippen LogP contribution in [-0.4, -0.2) is 58.6 Å². The molecule has 1 saturated heterocycles. The minimum absolute atomic E-state index is 0.0949. The summed E-state index contributed by atoms with van der Waals surface area (Å²) in [6.45, 7) is 3.16. The van der Waals surface area contributed by atoms with Crippen LogP contribution in [0.2, 0.25) is 0 Å². The topological polar surface area (TPSA) is 73.1 Å². The summed E-state index contributed by atoms with van der Waals surface area (Å²) in [6, 6.07) is 5.69. The van der Waals surface area contributed by atoms with Crippen molar-refractivity contribution in [1.29, 1.82) is 0 Å². The molecule has 2 aromatic heterocycles. The molecule has 152 valence electrons. The van der Waals surface area contributed by atoms with Crippen LogP contribution in [0.25, 0.3) is 16.2 Å². The molecule has 1 fully saturated rings. The maximum atomic E-state index is 13.2. The minimum Gasteiger partial charge on any atom is -0.466 e. The van der Waals surface area contributed by atoms with Crippen molar-refractivity contribution in [1.82, 2.24) is 14.3 Å². The normalized spacial score (nSPS) is 16.9. The number of halogens is 1. The Morgan fingerprint density at radius 1 is 1.34 bits per heavy atom. The molecule has 9 heteroatoms. The molecule has 29 heavy (non-hydrogen) atoms. The van der Waals surface area contributed by atoms with E-state index in [2.05, 4.69) is 4.98 Å². The summed E-state index contributed by atoms with van der Waals surface area (Å²) < 4.78 is 25.4. The third-order valence-corrected chi connectivity index (χ3v) is 5.60. The number of morpholine rings is 1. The number of carbonyl (C=O) groups is 2. The second-order valence-electron chi connectivity index (χ2n) is 6.64. The smallest absolute Gasteiger partial charge is 0.307 e. The predicted octanol–water partition coefficient (Wildman–Crippen LogP) is 3.00. The van der Waals surface area contributed by atoms with Gasteiger partial charge < -0.3 is 14.4 Å². The summed E-state index contributed by atoms with van der Waals surface area (Å²) in [5, 5.41) is 1.76. The van der Waals surface area contributed by atoms with Crippen LogP contribution in [0.15, 0.2) is 35.8 Å². The van der Waals surface area contributed by atoms with Gasteiger partial charge in [-0.3, -0.25) is 14.0 Å². The van der Waals surface area contributed by atoms with E-state index >= 15 is 0 Å². The first-order valence-corrected chi connectivity index (χ1v) is 10.2. The summed E-state index contributed by atoms with van der Waals surface area (Å²) in [6.07, 6.45) is 1.87. The maximum Gasteiger partial charge on any atom is 0.307 e. The molecular formula is C20H20FN3O4S. The third-order valence-electron chi connectivity index (χ3n) is 4.76. The molecule has 1 aliphatic heterocycles. The molecule has 0 spiro atoms. The van der Waals surface area contributed by atoms with Crippen LogP contribution < -0.4 is 0 Å². The maximum absolute atomic E-state index is 13.2. The lowest BCUT2D eigenvalue weighted by Crippen LogP contribution is -2.50. The van der Waals surface area contributed by atoms with Crippen molar-refractivity contribution in [2.75, 3.05) is 26.4 Å². The van der Waals surface area contributed by atoms with Gasteiger partial charge in [-0.05, 0) is 31.2 Å². The molecule has 7 nitrogen and oxygen atoms in total. The molecule has 0 N–H and O–H groups in total. The zero-order chi connectivity index (χ0) is 20.4. The highest BCUT2D eigenvalue weighted by molar-refractivity contribution is 7.15. The van der Waals surface area contributed by atoms with Gasteiger partial charge in [0, 0.05) is 23.7 Å². The van der Waals surface area contributed by atoms with Gasteiger partial charge in [-0.15, -0.1) is 11.3 Å². The Morgan fingerprint density at radius 2 is 2.14 bits per heavy atom. The molecule has 3 heterocycles. The summed E-state index contributed by atoms with van der Waals surface area (Å²) in [7, 11) is 0. The molecule has 4 rings (SSSR count). The van der Waals surface area contributed by atoms with Crippen LogP contribution in [-0.2, 0) is 14.3 Å². The number of hydrogen-bond acceptors (Lipinski definition) is 6. The van der Waals surface area contributed by atoms with E-state index in [4.69, 9.17) is 9.47 Å². The van der Waals surface area contributed by atoms with E-state index < -0.39 is 0 Å². The molecule has 0 radical (unpaired) electrons. The van der Waals surface area contributed by atoms with Crippen LogP contribution >= 0.6 is 11.3 Å². The van der Waals surface area contributed by atoms with Gasteiger partial charge in [-0.1, -0.05) is 0 Å². The van der Waals surface area contributed by atoms with Crippen molar-refractivity contribution in [3.8, 4) is 11.3 Å². The van der Waals surface area contributed by atoms with E-state index in [-0.39, 0.29) is 30.2 Å². The van der Waals surface area contributed by atoms with E-state index in [1.807, 2.05) is 0 Å². The number of fused-ring (bicyclic) bond motifs is 1. The van der Waals surface area contributed by atoms with Gasteiger partial charge in [0.05, 0.1) is 38.0 Å². The largest absolute Gasteiger partial charge is 0.466 e. The Kier molecular flexibility index (Phi) is 5.59. The first kappa shape index (κ1) is 19.5. The highest BCUT2D eigenvalue weighted by Gasteiger charge is 2.32. The highest BCUT2D eigenvalue weighted by atomic mass is 32.1. The number of benzene rings is 1. The highest BCUT2D eigenvalue weighted by Crippen LogP contribution is 2.25. The Hall–Kier alpha value is -2.78. The van der Waals surface area contributed by atoms with Gasteiger partial charge in [0.1, 0.15) is 11.5 Å². The molecule has 0 saturated carbocycles. The van der Waals surface area contributed by atoms with Crippen molar-refractivity contribution in [3.05, 3.63) is 47.4 Å². The molecule has 1 atom stereocenters. The number of imidazole rings is 1. The van der Waals surface area contributed by atoms with Crippen LogP contribution in [0.4, 0.5) is 4.39 Å². The fourth-order valence-corrected chi connectivity index (χ4v) is 4.20. The first-order valence-electron chi connectivity index (χ1n) is 9.33. The predicted molar refractivity (Wildman–Crippen MR) is 105 cm³/mol. The number of thiazole rings is 1. The molecular weight excluding hydrogens is 397 g/mol. The lowest BCUT2D eigenvalue weighted by molar-refractivity contribution is -0.145. The number of carbonyl (C=O) groups excluding carboxylic acids is 2. The molecule has 1 aliphatic rings. The van der Waals surface area contributed by atoms with Crippen molar-refractivity contribution in [3.63, 3.8) is 0 Å². The molecule has 1 amide bonds. The molecule has 0 aliphatic carbocycles. The molecule has 0 bridgehead atoms. The Labute approximate surface area is 170 Å². The van der Waals surface area contributed by atoms with Gasteiger partial charge in [0.15, 0.2) is 4.96 Å². The van der Waals surface area contributed by atoms with Crippen LogP contribution in [0.1, 0.15) is 23.8 Å². The van der Waals surface area contributed by atoms with Crippen LogP contribution in [0.5, 0.6) is 0 Å². The Balaban J connectivity index is 1.60. The van der Waals surface area contributed by atoms with Gasteiger partial charge in [-0.2, -0.15) is 0 Å². The zero-order valence-corrected chi connectivity index (χ0v) is 16.7. The van der Waals surface area contributed by atoms with Crippen LogP contribution in [0.3, 0.4) is 0 Å². The lowest BCUT2D eigenvalue weighted by Gasteiger charge is -2.34. The van der Waals surface area contributed by atoms with E-state index in [0.29, 0.717) is 42.7 Å². The molecule has 1 unspecified atom stereocenters. The van der Waals surface area contributed by atoms with E-state index in [1.165, 1.54) is 23.5 Å². The van der Waals surface area contributed by atoms with Crippen LogP contribution in [0, 0.1) is 5.82 Å². The van der Waals surface area contributed by atoms with Gasteiger partial charge in [-0.25, -0.2) is 9.37 Å². The fourth-order valence-electron chi connectivity index (χ4n) is 3.35. The molecule has 1 aromatic carbocycles. The first-order chi connectivity index (χ1) is 14.1. The number of hydrogen-bond donors (Lipinski definition) is 0. The quantitative estimate of drug-likeness (QED) is 0.597. The van der Waals surface area contributed by atoms with Crippen molar-refractivity contribution in [2.24, 2.45) is 0 Å². The fraction of sp³-hybridized carbons (Fsp3) is 0.350. The lowest BCUT2D eigenvalue weighted by atomic mass is 10.1. The number of rotatable bonds is 5. The number of ether oxygens (including phenoxy) is 2. The second-order valence-corrected chi connectivity index (χ2v) is 7.48. The number of amides is 1. The minimum atomic E-state index is -0.370. The summed E-state index contributed by atoms with van der Waals surface area (Å²) in [4.78, 5) is 32.0. The van der Waals surface area contributed by atoms with Crippen molar-refractivity contribution < 1.29 is 23.5 Å².